The monoisotopic (exact) mass is 310 g/mol. The van der Waals surface area contributed by atoms with Crippen molar-refractivity contribution in [1.82, 2.24) is 5.32 Å². The molecule has 1 saturated carbocycles. The Hall–Kier alpha value is -2.31. The topological polar surface area (TPSA) is 89.3 Å². The third kappa shape index (κ3) is 3.47. The molecule has 7 heteroatoms. The van der Waals surface area contributed by atoms with E-state index in [-0.39, 0.29) is 12.2 Å². The summed E-state index contributed by atoms with van der Waals surface area (Å²) < 4.78 is 26.8. The van der Waals surface area contributed by atoms with Gasteiger partial charge in [0.1, 0.15) is 11.8 Å². The lowest BCUT2D eigenvalue weighted by Gasteiger charge is -2.28. The molecule has 1 aliphatic rings. The van der Waals surface area contributed by atoms with E-state index < -0.39 is 41.0 Å². The minimum atomic E-state index is -1.29. The summed E-state index contributed by atoms with van der Waals surface area (Å²) in [5, 5.41) is 2.32. The molecule has 2 rings (SSSR count). The van der Waals surface area contributed by atoms with Crippen LogP contribution in [-0.4, -0.2) is 23.6 Å². The highest BCUT2D eigenvalue weighted by atomic mass is 19.2. The summed E-state index contributed by atoms with van der Waals surface area (Å²) in [6.45, 7) is 0. The SMILES string of the molecule is NC(=O)[C@@H](NC(=O)c1cccc(F)c1F)[C@@H]1CCCC(=O)C1. The lowest BCUT2D eigenvalue weighted by atomic mass is 9.82. The molecule has 1 aromatic rings. The van der Waals surface area contributed by atoms with Gasteiger partial charge < -0.3 is 11.1 Å². The molecule has 3 N–H and O–H groups in total. The second-order valence-corrected chi connectivity index (χ2v) is 5.35. The van der Waals surface area contributed by atoms with Gasteiger partial charge in [0, 0.05) is 12.8 Å². The highest BCUT2D eigenvalue weighted by Gasteiger charge is 2.32. The summed E-state index contributed by atoms with van der Waals surface area (Å²) in [5.41, 5.74) is 4.77. The number of hydrogen-bond donors (Lipinski definition) is 2. The van der Waals surface area contributed by atoms with Crippen molar-refractivity contribution in [3.05, 3.63) is 35.4 Å². The van der Waals surface area contributed by atoms with E-state index in [1.54, 1.807) is 0 Å². The maximum Gasteiger partial charge on any atom is 0.255 e. The fourth-order valence-electron chi connectivity index (χ4n) is 2.66. The van der Waals surface area contributed by atoms with Gasteiger partial charge in [-0.15, -0.1) is 0 Å². The van der Waals surface area contributed by atoms with Crippen LogP contribution in [0.2, 0.25) is 0 Å². The van der Waals surface area contributed by atoms with E-state index in [0.29, 0.717) is 19.3 Å². The first kappa shape index (κ1) is 16.1. The van der Waals surface area contributed by atoms with Crippen molar-refractivity contribution < 1.29 is 23.2 Å². The van der Waals surface area contributed by atoms with E-state index in [0.717, 1.165) is 12.1 Å². The largest absolute Gasteiger partial charge is 0.368 e. The van der Waals surface area contributed by atoms with Crippen molar-refractivity contribution in [1.29, 1.82) is 0 Å². The first-order chi connectivity index (χ1) is 10.4. The predicted molar refractivity (Wildman–Crippen MR) is 73.8 cm³/mol. The van der Waals surface area contributed by atoms with Crippen molar-refractivity contribution in [2.45, 2.75) is 31.7 Å². The fraction of sp³-hybridized carbons (Fsp3) is 0.400. The number of Topliss-reactive ketones (excluding diaryl/α,β-unsaturated/α-hetero) is 1. The number of nitrogens with one attached hydrogen (secondary N) is 1. The van der Waals surface area contributed by atoms with Gasteiger partial charge in [0.15, 0.2) is 11.6 Å². The molecule has 2 amide bonds. The van der Waals surface area contributed by atoms with Crippen LogP contribution in [-0.2, 0) is 9.59 Å². The number of rotatable bonds is 4. The Kier molecular flexibility index (Phi) is 4.85. The Morgan fingerprint density at radius 1 is 1.32 bits per heavy atom. The molecule has 0 unspecified atom stereocenters. The van der Waals surface area contributed by atoms with E-state index in [1.165, 1.54) is 6.07 Å². The zero-order valence-electron chi connectivity index (χ0n) is 11.8. The molecule has 1 aliphatic carbocycles. The molecule has 1 aromatic carbocycles. The van der Waals surface area contributed by atoms with Crippen molar-refractivity contribution in [3.8, 4) is 0 Å². The second kappa shape index (κ2) is 6.64. The smallest absolute Gasteiger partial charge is 0.255 e. The summed E-state index contributed by atoms with van der Waals surface area (Å²) >= 11 is 0. The van der Waals surface area contributed by atoms with E-state index in [1.807, 2.05) is 0 Å². The Labute approximate surface area is 125 Å². The second-order valence-electron chi connectivity index (χ2n) is 5.35. The number of nitrogens with two attached hydrogens (primary N) is 1. The average Bonchev–Trinajstić information content (AvgIpc) is 2.47. The lowest BCUT2D eigenvalue weighted by molar-refractivity contribution is -0.124. The molecular weight excluding hydrogens is 294 g/mol. The van der Waals surface area contributed by atoms with Crippen LogP contribution < -0.4 is 11.1 Å². The Morgan fingerprint density at radius 3 is 2.68 bits per heavy atom. The maximum absolute atomic E-state index is 13.6. The fourth-order valence-corrected chi connectivity index (χ4v) is 2.66. The normalized spacial score (nSPS) is 19.5. The number of carbonyl (C=O) groups is 3. The minimum Gasteiger partial charge on any atom is -0.368 e. The van der Waals surface area contributed by atoms with Crippen molar-refractivity contribution in [2.24, 2.45) is 11.7 Å². The summed E-state index contributed by atoms with van der Waals surface area (Å²) in [7, 11) is 0. The molecule has 1 fully saturated rings. The molecule has 0 spiro atoms. The van der Waals surface area contributed by atoms with Crippen LogP contribution in [0.1, 0.15) is 36.0 Å². The molecule has 5 nitrogen and oxygen atoms in total. The van der Waals surface area contributed by atoms with Crippen molar-refractivity contribution in [3.63, 3.8) is 0 Å². The molecule has 22 heavy (non-hydrogen) atoms. The Balaban J connectivity index is 2.17. The van der Waals surface area contributed by atoms with E-state index in [2.05, 4.69) is 5.32 Å². The zero-order chi connectivity index (χ0) is 16.3. The first-order valence-electron chi connectivity index (χ1n) is 6.96. The molecule has 0 heterocycles. The van der Waals surface area contributed by atoms with Gasteiger partial charge in [0.05, 0.1) is 5.56 Å². The summed E-state index contributed by atoms with van der Waals surface area (Å²) in [6.07, 6.45) is 1.75. The van der Waals surface area contributed by atoms with Gasteiger partial charge in [-0.05, 0) is 30.9 Å². The van der Waals surface area contributed by atoms with Gasteiger partial charge in [-0.25, -0.2) is 8.78 Å². The standard InChI is InChI=1S/C15H16F2N2O3/c16-11-6-2-5-10(12(11)17)15(22)19-13(14(18)21)8-3-1-4-9(20)7-8/h2,5-6,8,13H,1,3-4,7H2,(H2,18,21)(H,19,22)/t8-,13+/m1/s1. The number of ketones is 1. The number of amides is 2. The number of primary amides is 1. The average molecular weight is 310 g/mol. The number of hydrogen-bond acceptors (Lipinski definition) is 3. The van der Waals surface area contributed by atoms with Gasteiger partial charge in [-0.3, -0.25) is 14.4 Å². The van der Waals surface area contributed by atoms with Gasteiger partial charge in [0.25, 0.3) is 5.91 Å². The number of halogens is 2. The van der Waals surface area contributed by atoms with E-state index in [4.69, 9.17) is 5.73 Å². The highest BCUT2D eigenvalue weighted by molar-refractivity contribution is 5.97. The maximum atomic E-state index is 13.6. The van der Waals surface area contributed by atoms with Crippen LogP contribution in [0.25, 0.3) is 0 Å². The van der Waals surface area contributed by atoms with Crippen LogP contribution in [0, 0.1) is 17.6 Å². The Bertz CT molecular complexity index is 619. The molecular formula is C15H16F2N2O3. The summed E-state index contributed by atoms with van der Waals surface area (Å²) in [6, 6.07) is 2.10. The quantitative estimate of drug-likeness (QED) is 0.878. The molecule has 0 bridgehead atoms. The predicted octanol–water partition coefficient (Wildman–Crippen LogP) is 1.31. The molecule has 118 valence electrons. The number of carbonyl (C=O) groups excluding carboxylic acids is 3. The van der Waals surface area contributed by atoms with Crippen LogP contribution >= 0.6 is 0 Å². The number of benzene rings is 1. The van der Waals surface area contributed by atoms with Crippen LogP contribution in [0.4, 0.5) is 8.78 Å². The third-order valence-corrected chi connectivity index (χ3v) is 3.78. The molecule has 0 saturated heterocycles. The van der Waals surface area contributed by atoms with E-state index in [9.17, 15) is 23.2 Å². The van der Waals surface area contributed by atoms with Crippen molar-refractivity contribution in [2.75, 3.05) is 0 Å². The first-order valence-corrected chi connectivity index (χ1v) is 6.96. The summed E-state index contributed by atoms with van der Waals surface area (Å²) in [5.74, 6) is -4.60. The van der Waals surface area contributed by atoms with Crippen LogP contribution in [0.3, 0.4) is 0 Å². The molecule has 2 atom stereocenters. The van der Waals surface area contributed by atoms with Gasteiger partial charge in [-0.1, -0.05) is 6.07 Å². The summed E-state index contributed by atoms with van der Waals surface area (Å²) in [4.78, 5) is 35.1. The van der Waals surface area contributed by atoms with Crippen LogP contribution in [0.5, 0.6) is 0 Å². The third-order valence-electron chi connectivity index (χ3n) is 3.78. The van der Waals surface area contributed by atoms with Gasteiger partial charge in [-0.2, -0.15) is 0 Å². The molecule has 0 aliphatic heterocycles. The minimum absolute atomic E-state index is 0.00585. The van der Waals surface area contributed by atoms with Gasteiger partial charge in [0.2, 0.25) is 5.91 Å². The molecule has 0 aromatic heterocycles. The molecule has 0 radical (unpaired) electrons. The highest BCUT2D eigenvalue weighted by Crippen LogP contribution is 2.24. The van der Waals surface area contributed by atoms with E-state index >= 15 is 0 Å². The van der Waals surface area contributed by atoms with Gasteiger partial charge >= 0.3 is 0 Å². The Morgan fingerprint density at radius 2 is 2.05 bits per heavy atom. The lowest BCUT2D eigenvalue weighted by Crippen LogP contribution is -2.50. The van der Waals surface area contributed by atoms with Crippen LogP contribution in [0.15, 0.2) is 18.2 Å². The van der Waals surface area contributed by atoms with Crippen molar-refractivity contribution >= 4 is 17.6 Å². The zero-order valence-corrected chi connectivity index (χ0v) is 11.8.